The molecule has 0 spiro atoms. The molecule has 94 valence electrons. The monoisotopic (exact) mass is 238 g/mol. The number of nitrogens with one attached hydrogen (secondary N) is 1. The number of ether oxygens (including phenoxy) is 1. The first-order valence-corrected chi connectivity index (χ1v) is 5.78. The molecule has 0 aromatic carbocycles. The number of aromatic nitrogens is 1. The normalized spacial score (nSPS) is 10.0. The van der Waals surface area contributed by atoms with E-state index >= 15 is 0 Å². The van der Waals surface area contributed by atoms with Gasteiger partial charge < -0.3 is 14.6 Å². The van der Waals surface area contributed by atoms with Gasteiger partial charge in [-0.2, -0.15) is 0 Å². The minimum atomic E-state index is -0.402. The molecule has 1 N–H and O–H groups in total. The average Bonchev–Trinajstić information content (AvgIpc) is 2.75. The summed E-state index contributed by atoms with van der Waals surface area (Å²) in [5.41, 5.74) is 0.401. The van der Waals surface area contributed by atoms with Crippen LogP contribution in [0.15, 0.2) is 18.3 Å². The third kappa shape index (κ3) is 3.94. The van der Waals surface area contributed by atoms with E-state index in [0.29, 0.717) is 18.8 Å². The molecule has 0 aliphatic carbocycles. The maximum Gasteiger partial charge on any atom is 0.354 e. The molecule has 1 aromatic heterocycles. The molecule has 0 atom stereocenters. The van der Waals surface area contributed by atoms with E-state index < -0.39 is 5.97 Å². The lowest BCUT2D eigenvalue weighted by atomic mass is 10.4. The first-order chi connectivity index (χ1) is 8.19. The molecule has 5 nitrogen and oxygen atoms in total. The molecule has 1 aromatic rings. The number of nitrogens with zero attached hydrogens (tertiary/aromatic N) is 1. The smallest absolute Gasteiger partial charge is 0.354 e. The summed E-state index contributed by atoms with van der Waals surface area (Å²) in [5, 5.41) is 2.76. The van der Waals surface area contributed by atoms with Crippen molar-refractivity contribution in [2.75, 3.05) is 13.2 Å². The predicted octanol–water partition coefficient (Wildman–Crippen LogP) is 1.19. The zero-order valence-electron chi connectivity index (χ0n) is 10.2. The fourth-order valence-corrected chi connectivity index (χ4v) is 1.42. The van der Waals surface area contributed by atoms with Crippen LogP contribution in [-0.4, -0.2) is 29.6 Å². The molecule has 1 rings (SSSR count). The second kappa shape index (κ2) is 6.73. The summed E-state index contributed by atoms with van der Waals surface area (Å²) >= 11 is 0. The van der Waals surface area contributed by atoms with E-state index in [2.05, 4.69) is 5.32 Å². The van der Waals surface area contributed by atoms with Crippen LogP contribution in [0, 0.1) is 0 Å². The Labute approximate surface area is 101 Å². The standard InChI is InChI=1S/C12H18N2O3/c1-3-7-13-11(15)9-14-8-5-6-10(14)12(16)17-4-2/h5-6,8H,3-4,7,9H2,1-2H3,(H,13,15). The van der Waals surface area contributed by atoms with Gasteiger partial charge in [0, 0.05) is 12.7 Å². The van der Waals surface area contributed by atoms with E-state index in [1.165, 1.54) is 0 Å². The number of hydrogen-bond acceptors (Lipinski definition) is 3. The highest BCUT2D eigenvalue weighted by Crippen LogP contribution is 2.04. The van der Waals surface area contributed by atoms with Gasteiger partial charge in [0.1, 0.15) is 12.2 Å². The Morgan fingerprint density at radius 2 is 2.18 bits per heavy atom. The van der Waals surface area contributed by atoms with Crippen molar-refractivity contribution in [2.45, 2.75) is 26.8 Å². The number of esters is 1. The van der Waals surface area contributed by atoms with Crippen molar-refractivity contribution in [2.24, 2.45) is 0 Å². The molecule has 1 heterocycles. The Hall–Kier alpha value is -1.78. The molecule has 5 heteroatoms. The van der Waals surface area contributed by atoms with Crippen molar-refractivity contribution in [1.29, 1.82) is 0 Å². The van der Waals surface area contributed by atoms with E-state index in [9.17, 15) is 9.59 Å². The highest BCUT2D eigenvalue weighted by molar-refractivity contribution is 5.88. The third-order valence-electron chi connectivity index (χ3n) is 2.20. The van der Waals surface area contributed by atoms with Gasteiger partial charge >= 0.3 is 5.97 Å². The minimum absolute atomic E-state index is 0.103. The lowest BCUT2D eigenvalue weighted by Crippen LogP contribution is -2.29. The summed E-state index contributed by atoms with van der Waals surface area (Å²) in [6, 6.07) is 3.37. The molecular formula is C12H18N2O3. The zero-order chi connectivity index (χ0) is 12.7. The van der Waals surface area contributed by atoms with Gasteiger partial charge in [-0.25, -0.2) is 4.79 Å². The van der Waals surface area contributed by atoms with Crippen LogP contribution in [0.4, 0.5) is 0 Å². The first-order valence-electron chi connectivity index (χ1n) is 5.78. The maximum atomic E-state index is 11.5. The summed E-state index contributed by atoms with van der Waals surface area (Å²) in [5.74, 6) is -0.505. The Kier molecular flexibility index (Phi) is 5.26. The molecule has 17 heavy (non-hydrogen) atoms. The number of carbonyl (C=O) groups is 2. The lowest BCUT2D eigenvalue weighted by molar-refractivity contribution is -0.121. The molecule has 0 bridgehead atoms. The van der Waals surface area contributed by atoms with Crippen LogP contribution in [-0.2, 0) is 16.1 Å². The fourth-order valence-electron chi connectivity index (χ4n) is 1.42. The van der Waals surface area contributed by atoms with Crippen LogP contribution in [0.25, 0.3) is 0 Å². The van der Waals surface area contributed by atoms with Gasteiger partial charge in [-0.3, -0.25) is 4.79 Å². The van der Waals surface area contributed by atoms with E-state index in [1.807, 2.05) is 6.92 Å². The zero-order valence-corrected chi connectivity index (χ0v) is 10.2. The third-order valence-corrected chi connectivity index (χ3v) is 2.20. The summed E-state index contributed by atoms with van der Waals surface area (Å²) in [6.45, 7) is 4.85. The number of rotatable bonds is 6. The van der Waals surface area contributed by atoms with E-state index in [-0.39, 0.29) is 12.5 Å². The van der Waals surface area contributed by atoms with Crippen molar-refractivity contribution >= 4 is 11.9 Å². The van der Waals surface area contributed by atoms with Crippen LogP contribution in [0.2, 0.25) is 0 Å². The van der Waals surface area contributed by atoms with Crippen molar-refractivity contribution in [1.82, 2.24) is 9.88 Å². The van der Waals surface area contributed by atoms with Crippen molar-refractivity contribution in [3.05, 3.63) is 24.0 Å². The fraction of sp³-hybridized carbons (Fsp3) is 0.500. The summed E-state index contributed by atoms with van der Waals surface area (Å²) in [4.78, 5) is 23.1. The second-order valence-corrected chi connectivity index (χ2v) is 3.59. The van der Waals surface area contributed by atoms with Gasteiger partial charge in [-0.05, 0) is 25.5 Å². The summed E-state index contributed by atoms with van der Waals surface area (Å²) in [6.07, 6.45) is 2.58. The SMILES string of the molecule is CCCNC(=O)Cn1cccc1C(=O)OCC. The Morgan fingerprint density at radius 3 is 2.82 bits per heavy atom. The van der Waals surface area contributed by atoms with Crippen molar-refractivity contribution in [3.63, 3.8) is 0 Å². The molecule has 0 aliphatic heterocycles. The second-order valence-electron chi connectivity index (χ2n) is 3.59. The Morgan fingerprint density at radius 1 is 1.41 bits per heavy atom. The molecule has 0 saturated heterocycles. The molecule has 0 fully saturated rings. The number of amides is 1. The average molecular weight is 238 g/mol. The maximum absolute atomic E-state index is 11.5. The quantitative estimate of drug-likeness (QED) is 0.757. The first kappa shape index (κ1) is 13.3. The molecule has 0 radical (unpaired) electrons. The van der Waals surface area contributed by atoms with Gasteiger partial charge in [0.15, 0.2) is 0 Å². The molecule has 1 amide bonds. The van der Waals surface area contributed by atoms with Gasteiger partial charge in [-0.15, -0.1) is 0 Å². The van der Waals surface area contributed by atoms with Crippen molar-refractivity contribution < 1.29 is 14.3 Å². The lowest BCUT2D eigenvalue weighted by Gasteiger charge is -2.08. The molecule has 0 unspecified atom stereocenters. The van der Waals surface area contributed by atoms with Crippen LogP contribution in [0.1, 0.15) is 30.8 Å². The van der Waals surface area contributed by atoms with Gasteiger partial charge in [0.05, 0.1) is 6.61 Å². The van der Waals surface area contributed by atoms with Gasteiger partial charge in [-0.1, -0.05) is 6.92 Å². The Balaban J connectivity index is 2.62. The van der Waals surface area contributed by atoms with Crippen molar-refractivity contribution in [3.8, 4) is 0 Å². The van der Waals surface area contributed by atoms with Gasteiger partial charge in [0.2, 0.25) is 5.91 Å². The number of hydrogen-bond donors (Lipinski definition) is 1. The molecule has 0 saturated carbocycles. The van der Waals surface area contributed by atoms with E-state index in [1.54, 1.807) is 29.8 Å². The topological polar surface area (TPSA) is 60.3 Å². The highest BCUT2D eigenvalue weighted by Gasteiger charge is 2.13. The summed E-state index contributed by atoms with van der Waals surface area (Å²) in [7, 11) is 0. The predicted molar refractivity (Wildman–Crippen MR) is 63.7 cm³/mol. The molecule has 0 aliphatic rings. The highest BCUT2D eigenvalue weighted by atomic mass is 16.5. The number of carbonyl (C=O) groups excluding carboxylic acids is 2. The van der Waals surface area contributed by atoms with Crippen LogP contribution < -0.4 is 5.32 Å². The van der Waals surface area contributed by atoms with E-state index in [4.69, 9.17) is 4.74 Å². The Bertz CT molecular complexity index is 385. The van der Waals surface area contributed by atoms with Gasteiger partial charge in [0.25, 0.3) is 0 Å². The summed E-state index contributed by atoms with van der Waals surface area (Å²) < 4.78 is 6.48. The van der Waals surface area contributed by atoms with Crippen LogP contribution in [0.3, 0.4) is 0 Å². The van der Waals surface area contributed by atoms with Crippen LogP contribution in [0.5, 0.6) is 0 Å². The van der Waals surface area contributed by atoms with E-state index in [0.717, 1.165) is 6.42 Å². The largest absolute Gasteiger partial charge is 0.461 e. The van der Waals surface area contributed by atoms with Crippen LogP contribution >= 0.6 is 0 Å². The minimum Gasteiger partial charge on any atom is -0.461 e. The molecular weight excluding hydrogens is 220 g/mol.